The van der Waals surface area contributed by atoms with Gasteiger partial charge in [0.25, 0.3) is 5.91 Å². The third kappa shape index (κ3) is 4.07. The van der Waals surface area contributed by atoms with Crippen LogP contribution >= 0.6 is 0 Å². The third-order valence-corrected chi connectivity index (χ3v) is 3.66. The van der Waals surface area contributed by atoms with Gasteiger partial charge < -0.3 is 10.4 Å². The fourth-order valence-electron chi connectivity index (χ4n) is 2.58. The molecule has 1 saturated carbocycles. The van der Waals surface area contributed by atoms with Gasteiger partial charge in [-0.1, -0.05) is 25.2 Å². The van der Waals surface area contributed by atoms with E-state index >= 15 is 0 Å². The van der Waals surface area contributed by atoms with Gasteiger partial charge in [-0.05, 0) is 36.8 Å². The number of rotatable bonds is 3. The summed E-state index contributed by atoms with van der Waals surface area (Å²) in [5, 5.41) is 11.6. The van der Waals surface area contributed by atoms with E-state index in [1.165, 1.54) is 19.3 Å². The highest BCUT2D eigenvalue weighted by Gasteiger charge is 2.21. The van der Waals surface area contributed by atoms with Crippen molar-refractivity contribution in [1.82, 2.24) is 10.3 Å². The quantitative estimate of drug-likeness (QED) is 0.821. The fraction of sp³-hybridized carbons (Fsp3) is 0.500. The maximum absolute atomic E-state index is 12.0. The molecule has 1 heterocycles. The Labute approximate surface area is 119 Å². The standard InChI is InChI=1S/C16H20N2O2/c1-12-4-5-14(9-12)11-18-16(20)15-7-6-13(10-17-15)3-2-8-19/h6-7,10,12,14,19H,4-5,8-9,11H2,1H3,(H,18,20). The van der Waals surface area contributed by atoms with Crippen molar-refractivity contribution in [2.45, 2.75) is 26.2 Å². The number of hydrogen-bond donors (Lipinski definition) is 2. The summed E-state index contributed by atoms with van der Waals surface area (Å²) in [6.07, 6.45) is 5.21. The van der Waals surface area contributed by atoms with Gasteiger partial charge in [0.05, 0.1) is 0 Å². The van der Waals surface area contributed by atoms with Crippen LogP contribution in [0, 0.1) is 23.7 Å². The molecule has 2 unspecified atom stereocenters. The van der Waals surface area contributed by atoms with Crippen LogP contribution in [-0.4, -0.2) is 29.1 Å². The Bertz CT molecular complexity index is 514. The number of aromatic nitrogens is 1. The molecule has 0 radical (unpaired) electrons. The molecule has 1 aliphatic rings. The molecule has 0 spiro atoms. The Morgan fingerprint density at radius 1 is 1.50 bits per heavy atom. The number of nitrogens with one attached hydrogen (secondary N) is 1. The largest absolute Gasteiger partial charge is 0.384 e. The second-order valence-electron chi connectivity index (χ2n) is 5.39. The third-order valence-electron chi connectivity index (χ3n) is 3.66. The summed E-state index contributed by atoms with van der Waals surface area (Å²) < 4.78 is 0. The summed E-state index contributed by atoms with van der Waals surface area (Å²) in [6, 6.07) is 3.40. The summed E-state index contributed by atoms with van der Waals surface area (Å²) in [4.78, 5) is 16.1. The first-order valence-electron chi connectivity index (χ1n) is 7.03. The summed E-state index contributed by atoms with van der Waals surface area (Å²) in [5.74, 6) is 6.54. The molecule has 2 N–H and O–H groups in total. The lowest BCUT2D eigenvalue weighted by Gasteiger charge is -2.10. The summed E-state index contributed by atoms with van der Waals surface area (Å²) >= 11 is 0. The van der Waals surface area contributed by atoms with E-state index in [1.807, 2.05) is 0 Å². The molecule has 0 aliphatic heterocycles. The van der Waals surface area contributed by atoms with Crippen molar-refractivity contribution in [2.24, 2.45) is 11.8 Å². The number of aliphatic hydroxyl groups is 1. The Hall–Kier alpha value is -1.86. The second-order valence-corrected chi connectivity index (χ2v) is 5.39. The van der Waals surface area contributed by atoms with E-state index in [-0.39, 0.29) is 12.5 Å². The molecule has 2 atom stereocenters. The highest BCUT2D eigenvalue weighted by molar-refractivity contribution is 5.92. The minimum absolute atomic E-state index is 0.133. The van der Waals surface area contributed by atoms with E-state index in [1.54, 1.807) is 18.3 Å². The lowest BCUT2D eigenvalue weighted by molar-refractivity contribution is 0.0942. The molecule has 4 heteroatoms. The van der Waals surface area contributed by atoms with Crippen molar-refractivity contribution in [2.75, 3.05) is 13.2 Å². The summed E-state index contributed by atoms with van der Waals surface area (Å²) in [7, 11) is 0. The van der Waals surface area contributed by atoms with E-state index < -0.39 is 0 Å². The zero-order valence-electron chi connectivity index (χ0n) is 11.7. The number of nitrogens with zero attached hydrogens (tertiary/aromatic N) is 1. The molecule has 1 fully saturated rings. The Morgan fingerprint density at radius 3 is 2.95 bits per heavy atom. The fourth-order valence-corrected chi connectivity index (χ4v) is 2.58. The molecule has 1 aromatic rings. The van der Waals surface area contributed by atoms with Gasteiger partial charge in [0.1, 0.15) is 12.3 Å². The Balaban J connectivity index is 1.86. The summed E-state index contributed by atoms with van der Waals surface area (Å²) in [6.45, 7) is 2.81. The smallest absolute Gasteiger partial charge is 0.269 e. The van der Waals surface area contributed by atoms with Crippen molar-refractivity contribution in [3.05, 3.63) is 29.6 Å². The molecule has 2 rings (SSSR count). The minimum atomic E-state index is -0.179. The van der Waals surface area contributed by atoms with Gasteiger partial charge in [-0.2, -0.15) is 0 Å². The van der Waals surface area contributed by atoms with Crippen molar-refractivity contribution in [3.8, 4) is 11.8 Å². The van der Waals surface area contributed by atoms with Gasteiger partial charge in [-0.15, -0.1) is 0 Å². The topological polar surface area (TPSA) is 62.2 Å². The molecule has 1 aliphatic carbocycles. The number of carbonyl (C=O) groups excluding carboxylic acids is 1. The number of aliphatic hydroxyl groups excluding tert-OH is 1. The predicted octanol–water partition coefficient (Wildman–Crippen LogP) is 1.59. The Kier molecular flexibility index (Phi) is 5.14. The Morgan fingerprint density at radius 2 is 2.35 bits per heavy atom. The van der Waals surface area contributed by atoms with Gasteiger partial charge in [-0.25, -0.2) is 4.98 Å². The van der Waals surface area contributed by atoms with E-state index in [9.17, 15) is 4.79 Å². The first-order chi connectivity index (χ1) is 9.69. The SMILES string of the molecule is CC1CCC(CNC(=O)c2ccc(C#CCO)cn2)C1. The zero-order valence-corrected chi connectivity index (χ0v) is 11.7. The molecular formula is C16H20N2O2. The van der Waals surface area contributed by atoms with Crippen LogP contribution in [-0.2, 0) is 0 Å². The normalized spacial score (nSPS) is 21.1. The maximum atomic E-state index is 12.0. The van der Waals surface area contributed by atoms with Crippen LogP contribution in [0.15, 0.2) is 18.3 Å². The van der Waals surface area contributed by atoms with Crippen LogP contribution in [0.4, 0.5) is 0 Å². The number of carbonyl (C=O) groups is 1. The lowest BCUT2D eigenvalue weighted by Crippen LogP contribution is -2.29. The number of pyridine rings is 1. The highest BCUT2D eigenvalue weighted by atomic mass is 16.2. The van der Waals surface area contributed by atoms with Crippen LogP contribution in [0.2, 0.25) is 0 Å². The average molecular weight is 272 g/mol. The van der Waals surface area contributed by atoms with E-state index in [4.69, 9.17) is 5.11 Å². The van der Waals surface area contributed by atoms with Gasteiger partial charge in [0, 0.05) is 18.3 Å². The van der Waals surface area contributed by atoms with E-state index in [0.717, 1.165) is 12.5 Å². The van der Waals surface area contributed by atoms with Crippen molar-refractivity contribution in [3.63, 3.8) is 0 Å². The second kappa shape index (κ2) is 7.06. The monoisotopic (exact) mass is 272 g/mol. The van der Waals surface area contributed by atoms with Crippen LogP contribution in [0.1, 0.15) is 42.2 Å². The predicted molar refractivity (Wildman–Crippen MR) is 77.0 cm³/mol. The first-order valence-corrected chi connectivity index (χ1v) is 7.03. The molecular weight excluding hydrogens is 252 g/mol. The van der Waals surface area contributed by atoms with Gasteiger partial charge >= 0.3 is 0 Å². The lowest BCUT2D eigenvalue weighted by atomic mass is 10.1. The van der Waals surface area contributed by atoms with Gasteiger partial charge in [0.15, 0.2) is 0 Å². The molecule has 20 heavy (non-hydrogen) atoms. The van der Waals surface area contributed by atoms with E-state index in [0.29, 0.717) is 17.2 Å². The van der Waals surface area contributed by atoms with Crippen LogP contribution < -0.4 is 5.32 Å². The molecule has 0 bridgehead atoms. The minimum Gasteiger partial charge on any atom is -0.384 e. The molecule has 1 amide bonds. The van der Waals surface area contributed by atoms with Crippen molar-refractivity contribution in [1.29, 1.82) is 0 Å². The summed E-state index contributed by atoms with van der Waals surface area (Å²) in [5.41, 5.74) is 1.10. The highest BCUT2D eigenvalue weighted by Crippen LogP contribution is 2.29. The number of amides is 1. The molecule has 0 aromatic carbocycles. The zero-order chi connectivity index (χ0) is 14.4. The van der Waals surface area contributed by atoms with Crippen LogP contribution in [0.5, 0.6) is 0 Å². The first kappa shape index (κ1) is 14.5. The number of hydrogen-bond acceptors (Lipinski definition) is 3. The molecule has 4 nitrogen and oxygen atoms in total. The average Bonchev–Trinajstić information content (AvgIpc) is 2.89. The molecule has 106 valence electrons. The van der Waals surface area contributed by atoms with E-state index in [2.05, 4.69) is 29.1 Å². The van der Waals surface area contributed by atoms with Crippen molar-refractivity contribution >= 4 is 5.91 Å². The van der Waals surface area contributed by atoms with Crippen molar-refractivity contribution < 1.29 is 9.90 Å². The van der Waals surface area contributed by atoms with Gasteiger partial charge in [-0.3, -0.25) is 4.79 Å². The van der Waals surface area contributed by atoms with Gasteiger partial charge in [0.2, 0.25) is 0 Å². The molecule has 0 saturated heterocycles. The van der Waals surface area contributed by atoms with Crippen LogP contribution in [0.3, 0.4) is 0 Å². The maximum Gasteiger partial charge on any atom is 0.269 e. The van der Waals surface area contributed by atoms with Crippen LogP contribution in [0.25, 0.3) is 0 Å². The molecule has 1 aromatic heterocycles.